The molecule has 0 bridgehead atoms. The first-order valence-electron chi connectivity index (χ1n) is 6.16. The summed E-state index contributed by atoms with van der Waals surface area (Å²) in [4.78, 5) is 11.8. The molecule has 18 heavy (non-hydrogen) atoms. The molecule has 1 atom stereocenters. The molecule has 1 aromatic rings. The third kappa shape index (κ3) is 4.09. The zero-order valence-electron chi connectivity index (χ0n) is 11.0. The highest BCUT2D eigenvalue weighted by atomic mass is 19.1. The monoisotopic (exact) mass is 255 g/mol. The van der Waals surface area contributed by atoms with Crippen LogP contribution in [-0.2, 0) is 0 Å². The van der Waals surface area contributed by atoms with Gasteiger partial charge in [0.25, 0.3) is 5.91 Å². The minimum Gasteiger partial charge on any atom is -0.349 e. The number of amides is 1. The smallest absolute Gasteiger partial charge is 0.257 e. The molecule has 0 aliphatic heterocycles. The molecular weight excluding hydrogens is 236 g/mol. The van der Waals surface area contributed by atoms with Crippen molar-refractivity contribution >= 4 is 5.91 Å². The van der Waals surface area contributed by atoms with Crippen molar-refractivity contribution in [2.24, 2.45) is 5.92 Å². The van der Waals surface area contributed by atoms with Crippen molar-refractivity contribution in [2.45, 2.75) is 39.7 Å². The van der Waals surface area contributed by atoms with Crippen molar-refractivity contribution in [2.75, 3.05) is 0 Å². The minimum absolute atomic E-state index is 0.0982. The first-order valence-corrected chi connectivity index (χ1v) is 6.16. The van der Waals surface area contributed by atoms with Crippen LogP contribution in [0.2, 0.25) is 0 Å². The van der Waals surface area contributed by atoms with Crippen LogP contribution >= 0.6 is 0 Å². The topological polar surface area (TPSA) is 29.1 Å². The number of carbonyl (C=O) groups excluding carboxylic acids is 1. The summed E-state index contributed by atoms with van der Waals surface area (Å²) in [7, 11) is 0. The molecule has 0 aliphatic rings. The van der Waals surface area contributed by atoms with E-state index in [1.807, 2.05) is 6.92 Å². The SMILES string of the molecule is CC(C)CCC(C)NC(=O)c1c(F)cccc1F. The highest BCUT2D eigenvalue weighted by Crippen LogP contribution is 2.13. The highest BCUT2D eigenvalue weighted by molar-refractivity contribution is 5.94. The van der Waals surface area contributed by atoms with Crippen molar-refractivity contribution in [3.63, 3.8) is 0 Å². The maximum absolute atomic E-state index is 13.4. The molecule has 0 aliphatic carbocycles. The zero-order valence-corrected chi connectivity index (χ0v) is 11.0. The summed E-state index contributed by atoms with van der Waals surface area (Å²) in [6, 6.07) is 3.30. The van der Waals surface area contributed by atoms with Gasteiger partial charge in [0.2, 0.25) is 0 Å². The van der Waals surface area contributed by atoms with Gasteiger partial charge in [-0.15, -0.1) is 0 Å². The fourth-order valence-corrected chi connectivity index (χ4v) is 1.67. The fourth-order valence-electron chi connectivity index (χ4n) is 1.67. The first-order chi connectivity index (χ1) is 8.41. The Bertz CT molecular complexity index is 398. The van der Waals surface area contributed by atoms with Gasteiger partial charge in [-0.2, -0.15) is 0 Å². The zero-order chi connectivity index (χ0) is 13.7. The predicted octanol–water partition coefficient (Wildman–Crippen LogP) is 3.52. The molecule has 1 amide bonds. The molecule has 0 saturated carbocycles. The van der Waals surface area contributed by atoms with Crippen molar-refractivity contribution in [3.05, 3.63) is 35.4 Å². The van der Waals surface area contributed by atoms with Gasteiger partial charge >= 0.3 is 0 Å². The van der Waals surface area contributed by atoms with E-state index in [1.54, 1.807) is 0 Å². The van der Waals surface area contributed by atoms with E-state index in [0.29, 0.717) is 5.92 Å². The molecule has 0 saturated heterocycles. The number of benzene rings is 1. The summed E-state index contributed by atoms with van der Waals surface area (Å²) in [5, 5.41) is 2.61. The summed E-state index contributed by atoms with van der Waals surface area (Å²) in [5.41, 5.74) is -0.506. The van der Waals surface area contributed by atoms with Crippen LogP contribution in [-0.4, -0.2) is 11.9 Å². The van der Waals surface area contributed by atoms with Crippen LogP contribution in [0.5, 0.6) is 0 Å². The number of hydrogen-bond acceptors (Lipinski definition) is 1. The lowest BCUT2D eigenvalue weighted by atomic mass is 10.0. The molecule has 0 aromatic heterocycles. The molecule has 4 heteroatoms. The lowest BCUT2D eigenvalue weighted by Gasteiger charge is -2.15. The summed E-state index contributed by atoms with van der Waals surface area (Å²) >= 11 is 0. The lowest BCUT2D eigenvalue weighted by Crippen LogP contribution is -2.33. The number of halogens is 2. The number of nitrogens with one attached hydrogen (secondary N) is 1. The fraction of sp³-hybridized carbons (Fsp3) is 0.500. The Balaban J connectivity index is 2.65. The number of rotatable bonds is 5. The second-order valence-corrected chi connectivity index (χ2v) is 4.94. The Morgan fingerprint density at radius 1 is 1.17 bits per heavy atom. The summed E-state index contributed by atoms with van der Waals surface area (Å²) in [6.45, 7) is 6.01. The van der Waals surface area contributed by atoms with E-state index in [4.69, 9.17) is 0 Å². The number of carbonyl (C=O) groups is 1. The Morgan fingerprint density at radius 3 is 2.22 bits per heavy atom. The van der Waals surface area contributed by atoms with Crippen LogP contribution in [0.4, 0.5) is 8.78 Å². The van der Waals surface area contributed by atoms with Crippen molar-refractivity contribution in [3.8, 4) is 0 Å². The van der Waals surface area contributed by atoms with Gasteiger partial charge in [0.1, 0.15) is 17.2 Å². The Morgan fingerprint density at radius 2 is 1.72 bits per heavy atom. The van der Waals surface area contributed by atoms with Crippen LogP contribution in [0.3, 0.4) is 0 Å². The van der Waals surface area contributed by atoms with Gasteiger partial charge < -0.3 is 5.32 Å². The molecule has 1 N–H and O–H groups in total. The van der Waals surface area contributed by atoms with Gasteiger partial charge in [0.05, 0.1) is 0 Å². The molecule has 0 heterocycles. The van der Waals surface area contributed by atoms with Crippen LogP contribution < -0.4 is 5.32 Å². The third-order valence-corrected chi connectivity index (χ3v) is 2.74. The van der Waals surface area contributed by atoms with Gasteiger partial charge in [-0.25, -0.2) is 8.78 Å². The molecule has 0 spiro atoms. The Kier molecular flexibility index (Phi) is 5.25. The van der Waals surface area contributed by atoms with E-state index in [9.17, 15) is 13.6 Å². The largest absolute Gasteiger partial charge is 0.349 e. The lowest BCUT2D eigenvalue weighted by molar-refractivity contribution is 0.0928. The first kappa shape index (κ1) is 14.6. The van der Waals surface area contributed by atoms with E-state index in [1.165, 1.54) is 6.07 Å². The summed E-state index contributed by atoms with van der Waals surface area (Å²) < 4.78 is 26.7. The highest BCUT2D eigenvalue weighted by Gasteiger charge is 2.18. The van der Waals surface area contributed by atoms with Gasteiger partial charge in [0, 0.05) is 6.04 Å². The van der Waals surface area contributed by atoms with E-state index in [2.05, 4.69) is 19.2 Å². The molecule has 1 rings (SSSR count). The number of hydrogen-bond donors (Lipinski definition) is 1. The molecule has 100 valence electrons. The van der Waals surface area contributed by atoms with Crippen molar-refractivity contribution < 1.29 is 13.6 Å². The van der Waals surface area contributed by atoms with Crippen LogP contribution in [0.1, 0.15) is 44.0 Å². The summed E-state index contributed by atoms with van der Waals surface area (Å²) in [6.07, 6.45) is 1.75. The second-order valence-electron chi connectivity index (χ2n) is 4.94. The van der Waals surface area contributed by atoms with Crippen molar-refractivity contribution in [1.82, 2.24) is 5.32 Å². The molecule has 2 nitrogen and oxygen atoms in total. The van der Waals surface area contributed by atoms with E-state index in [0.717, 1.165) is 25.0 Å². The normalized spacial score (nSPS) is 12.6. The Labute approximate surface area is 106 Å². The average Bonchev–Trinajstić information content (AvgIpc) is 2.26. The quantitative estimate of drug-likeness (QED) is 0.857. The second kappa shape index (κ2) is 6.47. The van der Waals surface area contributed by atoms with Crippen LogP contribution in [0.25, 0.3) is 0 Å². The molecule has 0 fully saturated rings. The van der Waals surface area contributed by atoms with Crippen LogP contribution in [0.15, 0.2) is 18.2 Å². The van der Waals surface area contributed by atoms with Crippen LogP contribution in [0, 0.1) is 17.6 Å². The molecule has 1 unspecified atom stereocenters. The molecule has 0 radical (unpaired) electrons. The van der Waals surface area contributed by atoms with Gasteiger partial charge in [-0.05, 0) is 37.8 Å². The van der Waals surface area contributed by atoms with Gasteiger partial charge in [-0.1, -0.05) is 19.9 Å². The predicted molar refractivity (Wildman–Crippen MR) is 67.4 cm³/mol. The summed E-state index contributed by atoms with van der Waals surface area (Å²) in [5.74, 6) is -1.82. The van der Waals surface area contributed by atoms with E-state index >= 15 is 0 Å². The maximum atomic E-state index is 13.4. The molecular formula is C14H19F2NO. The Hall–Kier alpha value is -1.45. The van der Waals surface area contributed by atoms with Gasteiger partial charge in [0.15, 0.2) is 0 Å². The minimum atomic E-state index is -0.830. The standard InChI is InChI=1S/C14H19F2NO/c1-9(2)7-8-10(3)17-14(18)13-11(15)5-4-6-12(13)16/h4-6,9-10H,7-8H2,1-3H3,(H,17,18). The third-order valence-electron chi connectivity index (χ3n) is 2.74. The maximum Gasteiger partial charge on any atom is 0.257 e. The van der Waals surface area contributed by atoms with Crippen molar-refractivity contribution in [1.29, 1.82) is 0 Å². The van der Waals surface area contributed by atoms with E-state index < -0.39 is 23.1 Å². The van der Waals surface area contributed by atoms with E-state index in [-0.39, 0.29) is 6.04 Å². The average molecular weight is 255 g/mol. The molecule has 1 aromatic carbocycles. The van der Waals surface area contributed by atoms with Gasteiger partial charge in [-0.3, -0.25) is 4.79 Å².